The van der Waals surface area contributed by atoms with Gasteiger partial charge in [-0.3, -0.25) is 9.69 Å². The largest absolute Gasteiger partial charge is 0.369 e. The first kappa shape index (κ1) is 16.3. The van der Waals surface area contributed by atoms with Crippen molar-refractivity contribution in [3.05, 3.63) is 41.4 Å². The number of nitrogens with zero attached hydrogens (tertiary/aromatic N) is 3. The van der Waals surface area contributed by atoms with Gasteiger partial charge in [0, 0.05) is 38.4 Å². The predicted octanol–water partition coefficient (Wildman–Crippen LogP) is 1.64. The number of amides is 1. The van der Waals surface area contributed by atoms with Crippen LogP contribution in [0.3, 0.4) is 0 Å². The highest BCUT2D eigenvalue weighted by Gasteiger charge is 2.19. The molecule has 1 amide bonds. The Morgan fingerprint density at radius 1 is 1.41 bits per heavy atom. The molecule has 1 saturated heterocycles. The molecule has 1 fully saturated rings. The second kappa shape index (κ2) is 7.83. The van der Waals surface area contributed by atoms with Crippen molar-refractivity contribution in [1.82, 2.24) is 10.2 Å². The van der Waals surface area contributed by atoms with Gasteiger partial charge >= 0.3 is 0 Å². The van der Waals surface area contributed by atoms with Crippen LogP contribution < -0.4 is 10.2 Å². The Hall–Kier alpha value is -2.03. The third kappa shape index (κ3) is 4.23. The Kier molecular flexibility index (Phi) is 5.82. The lowest BCUT2D eigenvalue weighted by Crippen LogP contribution is -2.49. The maximum absolute atomic E-state index is 11.7. The summed E-state index contributed by atoms with van der Waals surface area (Å²) >= 11 is 6.07. The number of hydrogen-bond acceptors (Lipinski definition) is 4. The van der Waals surface area contributed by atoms with Crippen molar-refractivity contribution in [3.63, 3.8) is 0 Å². The van der Waals surface area contributed by atoms with E-state index in [2.05, 4.69) is 27.8 Å². The molecule has 6 heteroatoms. The number of nitriles is 1. The molecule has 1 heterocycles. The van der Waals surface area contributed by atoms with E-state index in [0.717, 1.165) is 31.9 Å². The summed E-state index contributed by atoms with van der Waals surface area (Å²) in [5, 5.41) is 12.2. The minimum atomic E-state index is 0.0229. The van der Waals surface area contributed by atoms with Crippen molar-refractivity contribution in [2.45, 2.75) is 0 Å². The predicted molar refractivity (Wildman–Crippen MR) is 88.0 cm³/mol. The Morgan fingerprint density at radius 2 is 2.14 bits per heavy atom. The van der Waals surface area contributed by atoms with Crippen LogP contribution in [0.15, 0.2) is 30.9 Å². The Balaban J connectivity index is 1.87. The molecule has 0 saturated carbocycles. The van der Waals surface area contributed by atoms with Gasteiger partial charge in [-0.1, -0.05) is 17.7 Å². The molecule has 2 rings (SSSR count). The SMILES string of the molecule is C=CCNC(=O)CN1CCN(c2ccc(C#N)c(Cl)c2)CC1. The zero-order valence-electron chi connectivity index (χ0n) is 12.4. The first-order chi connectivity index (χ1) is 10.6. The number of anilines is 1. The van der Waals surface area contributed by atoms with Gasteiger partial charge in [-0.2, -0.15) is 5.26 Å². The van der Waals surface area contributed by atoms with Crippen molar-refractivity contribution in [1.29, 1.82) is 5.26 Å². The molecule has 1 aliphatic heterocycles. The van der Waals surface area contributed by atoms with Crippen molar-refractivity contribution in [3.8, 4) is 6.07 Å². The van der Waals surface area contributed by atoms with Crippen LogP contribution in [0.25, 0.3) is 0 Å². The third-order valence-electron chi connectivity index (χ3n) is 3.62. The molecule has 0 atom stereocenters. The second-order valence-corrected chi connectivity index (χ2v) is 5.54. The zero-order chi connectivity index (χ0) is 15.9. The summed E-state index contributed by atoms with van der Waals surface area (Å²) in [7, 11) is 0. The van der Waals surface area contributed by atoms with Crippen LogP contribution in [-0.2, 0) is 4.79 Å². The minimum Gasteiger partial charge on any atom is -0.369 e. The smallest absolute Gasteiger partial charge is 0.234 e. The monoisotopic (exact) mass is 318 g/mol. The fraction of sp³-hybridized carbons (Fsp3) is 0.375. The van der Waals surface area contributed by atoms with Gasteiger partial charge in [0.15, 0.2) is 0 Å². The third-order valence-corrected chi connectivity index (χ3v) is 3.93. The van der Waals surface area contributed by atoms with Gasteiger partial charge in [-0.15, -0.1) is 6.58 Å². The average Bonchev–Trinajstić information content (AvgIpc) is 2.53. The van der Waals surface area contributed by atoms with Crippen LogP contribution in [0.1, 0.15) is 5.56 Å². The molecule has 0 bridgehead atoms. The molecule has 5 nitrogen and oxygen atoms in total. The minimum absolute atomic E-state index is 0.0229. The summed E-state index contributed by atoms with van der Waals surface area (Å²) < 4.78 is 0. The van der Waals surface area contributed by atoms with E-state index in [9.17, 15) is 4.79 Å². The van der Waals surface area contributed by atoms with Crippen LogP contribution in [0.4, 0.5) is 5.69 Å². The Morgan fingerprint density at radius 3 is 2.73 bits per heavy atom. The molecule has 0 unspecified atom stereocenters. The van der Waals surface area contributed by atoms with Crippen molar-refractivity contribution < 1.29 is 4.79 Å². The van der Waals surface area contributed by atoms with Crippen LogP contribution >= 0.6 is 11.6 Å². The van der Waals surface area contributed by atoms with Gasteiger partial charge in [0.1, 0.15) is 6.07 Å². The molecule has 0 aromatic heterocycles. The number of piperazine rings is 1. The molecule has 1 N–H and O–H groups in total. The number of carbonyl (C=O) groups is 1. The molecule has 1 aromatic rings. The number of rotatable bonds is 5. The maximum atomic E-state index is 11.7. The molecule has 1 aliphatic rings. The number of nitrogens with one attached hydrogen (secondary N) is 1. The van der Waals surface area contributed by atoms with Crippen LogP contribution in [0.2, 0.25) is 5.02 Å². The lowest BCUT2D eigenvalue weighted by Gasteiger charge is -2.35. The Labute approximate surface area is 135 Å². The molecular weight excluding hydrogens is 300 g/mol. The van der Waals surface area contributed by atoms with E-state index >= 15 is 0 Å². The molecule has 116 valence electrons. The van der Waals surface area contributed by atoms with E-state index < -0.39 is 0 Å². The van der Waals surface area contributed by atoms with E-state index in [-0.39, 0.29) is 5.91 Å². The van der Waals surface area contributed by atoms with Crippen molar-refractivity contribution in [2.75, 3.05) is 44.2 Å². The summed E-state index contributed by atoms with van der Waals surface area (Å²) in [4.78, 5) is 16.0. The van der Waals surface area contributed by atoms with Gasteiger partial charge in [-0.05, 0) is 18.2 Å². The van der Waals surface area contributed by atoms with Crippen LogP contribution in [0.5, 0.6) is 0 Å². The molecule has 22 heavy (non-hydrogen) atoms. The van der Waals surface area contributed by atoms with E-state index in [0.29, 0.717) is 23.7 Å². The van der Waals surface area contributed by atoms with E-state index in [1.807, 2.05) is 12.1 Å². The van der Waals surface area contributed by atoms with E-state index in [1.165, 1.54) is 0 Å². The maximum Gasteiger partial charge on any atom is 0.234 e. The highest BCUT2D eigenvalue weighted by molar-refractivity contribution is 6.32. The second-order valence-electron chi connectivity index (χ2n) is 5.13. The first-order valence-corrected chi connectivity index (χ1v) is 7.56. The molecule has 1 aromatic carbocycles. The highest BCUT2D eigenvalue weighted by Crippen LogP contribution is 2.24. The normalized spacial score (nSPS) is 15.2. The zero-order valence-corrected chi connectivity index (χ0v) is 13.1. The van der Waals surface area contributed by atoms with Crippen LogP contribution in [-0.4, -0.2) is 50.1 Å². The first-order valence-electron chi connectivity index (χ1n) is 7.18. The summed E-state index contributed by atoms with van der Waals surface area (Å²) in [6.07, 6.45) is 1.67. The molecule has 0 radical (unpaired) electrons. The summed E-state index contributed by atoms with van der Waals surface area (Å²) in [5.74, 6) is 0.0229. The van der Waals surface area contributed by atoms with Crippen molar-refractivity contribution >= 4 is 23.2 Å². The van der Waals surface area contributed by atoms with Gasteiger partial charge in [-0.25, -0.2) is 0 Å². The number of benzene rings is 1. The summed E-state index contributed by atoms with van der Waals surface area (Å²) in [6.45, 7) is 7.79. The molecule has 0 spiro atoms. The number of hydrogen-bond donors (Lipinski definition) is 1. The van der Waals surface area contributed by atoms with Gasteiger partial charge in [0.2, 0.25) is 5.91 Å². The summed E-state index contributed by atoms with van der Waals surface area (Å²) in [6, 6.07) is 7.54. The molecule has 0 aliphatic carbocycles. The lowest BCUT2D eigenvalue weighted by molar-refractivity contribution is -0.122. The number of halogens is 1. The van der Waals surface area contributed by atoms with Crippen molar-refractivity contribution in [2.24, 2.45) is 0 Å². The number of carbonyl (C=O) groups excluding carboxylic acids is 1. The topological polar surface area (TPSA) is 59.4 Å². The summed E-state index contributed by atoms with van der Waals surface area (Å²) in [5.41, 5.74) is 1.50. The standard InChI is InChI=1S/C16H19ClN4O/c1-2-5-19-16(22)12-20-6-8-21(9-7-20)14-4-3-13(11-18)15(17)10-14/h2-4,10H,1,5-9,12H2,(H,19,22). The van der Waals surface area contributed by atoms with Crippen LogP contribution in [0, 0.1) is 11.3 Å². The fourth-order valence-electron chi connectivity index (χ4n) is 2.40. The fourth-order valence-corrected chi connectivity index (χ4v) is 2.62. The van der Waals surface area contributed by atoms with Gasteiger partial charge in [0.05, 0.1) is 17.1 Å². The lowest BCUT2D eigenvalue weighted by atomic mass is 10.2. The average molecular weight is 319 g/mol. The quantitative estimate of drug-likeness (QED) is 0.838. The van der Waals surface area contributed by atoms with Gasteiger partial charge in [0.25, 0.3) is 0 Å². The van der Waals surface area contributed by atoms with E-state index in [4.69, 9.17) is 16.9 Å². The molecular formula is C16H19ClN4O. The Bertz CT molecular complexity index is 588. The van der Waals surface area contributed by atoms with E-state index in [1.54, 1.807) is 12.1 Å². The highest BCUT2D eigenvalue weighted by atomic mass is 35.5. The van der Waals surface area contributed by atoms with Gasteiger partial charge < -0.3 is 10.2 Å².